The Labute approximate surface area is 115 Å². The summed E-state index contributed by atoms with van der Waals surface area (Å²) in [5, 5.41) is 19.9. The summed E-state index contributed by atoms with van der Waals surface area (Å²) < 4.78 is 5.11. The molecule has 6 heteroatoms. The lowest BCUT2D eigenvalue weighted by Gasteiger charge is -2.03. The van der Waals surface area contributed by atoms with E-state index < -0.39 is 4.92 Å². The number of nitro groups is 1. The molecule has 0 saturated heterocycles. The molecule has 0 unspecified atom stereocenters. The number of methoxy groups -OCH3 is 1. The number of nitro benzene ring substituents is 1. The van der Waals surface area contributed by atoms with Gasteiger partial charge < -0.3 is 9.84 Å². The van der Waals surface area contributed by atoms with E-state index in [-0.39, 0.29) is 11.4 Å². The molecule has 0 fully saturated rings. The molecule has 2 rings (SSSR count). The SMILES string of the molecule is COc1ccc([N+](=O)[O-])cc1N=Cc1ccc(O)cc1. The minimum atomic E-state index is -0.487. The summed E-state index contributed by atoms with van der Waals surface area (Å²) in [5.74, 6) is 0.612. The molecule has 6 nitrogen and oxygen atoms in total. The van der Waals surface area contributed by atoms with Gasteiger partial charge >= 0.3 is 0 Å². The van der Waals surface area contributed by atoms with Gasteiger partial charge in [-0.2, -0.15) is 0 Å². The van der Waals surface area contributed by atoms with Gasteiger partial charge in [0.05, 0.1) is 12.0 Å². The molecular weight excluding hydrogens is 260 g/mol. The number of aromatic hydroxyl groups is 1. The number of phenols is 1. The Hall–Kier alpha value is -2.89. The second-order valence-corrected chi connectivity index (χ2v) is 3.96. The van der Waals surface area contributed by atoms with Gasteiger partial charge in [0.25, 0.3) is 5.69 Å². The molecule has 0 saturated carbocycles. The van der Waals surface area contributed by atoms with Crippen LogP contribution in [0.15, 0.2) is 47.5 Å². The lowest BCUT2D eigenvalue weighted by molar-refractivity contribution is -0.384. The van der Waals surface area contributed by atoms with Gasteiger partial charge in [-0.3, -0.25) is 15.1 Å². The van der Waals surface area contributed by atoms with Crippen LogP contribution in [0.25, 0.3) is 0 Å². The van der Waals surface area contributed by atoms with E-state index in [1.165, 1.54) is 37.4 Å². The number of rotatable bonds is 4. The van der Waals surface area contributed by atoms with E-state index in [9.17, 15) is 15.2 Å². The van der Waals surface area contributed by atoms with Crippen molar-refractivity contribution in [2.24, 2.45) is 4.99 Å². The highest BCUT2D eigenvalue weighted by atomic mass is 16.6. The third-order valence-corrected chi connectivity index (χ3v) is 2.62. The third-order valence-electron chi connectivity index (χ3n) is 2.62. The average molecular weight is 272 g/mol. The topological polar surface area (TPSA) is 85.0 Å². The van der Waals surface area contributed by atoms with Crippen molar-refractivity contribution in [1.29, 1.82) is 0 Å². The molecule has 0 atom stereocenters. The second-order valence-electron chi connectivity index (χ2n) is 3.96. The predicted molar refractivity (Wildman–Crippen MR) is 75.0 cm³/mol. The summed E-state index contributed by atoms with van der Waals surface area (Å²) in [6, 6.07) is 10.6. The standard InChI is InChI=1S/C14H12N2O4/c1-20-14-7-4-11(16(18)19)8-13(14)15-9-10-2-5-12(17)6-3-10/h2-9,17H,1H3. The van der Waals surface area contributed by atoms with E-state index in [1.807, 2.05) is 0 Å². The van der Waals surface area contributed by atoms with Crippen molar-refractivity contribution in [3.05, 3.63) is 58.1 Å². The van der Waals surface area contributed by atoms with Crippen molar-refractivity contribution < 1.29 is 14.8 Å². The molecule has 0 heterocycles. The molecule has 0 aliphatic carbocycles. The van der Waals surface area contributed by atoms with Crippen LogP contribution in [0.1, 0.15) is 5.56 Å². The number of ether oxygens (including phenoxy) is 1. The summed E-state index contributed by atoms with van der Waals surface area (Å²) in [7, 11) is 1.47. The van der Waals surface area contributed by atoms with E-state index in [2.05, 4.69) is 4.99 Å². The molecule has 0 spiro atoms. The van der Waals surface area contributed by atoms with Crippen molar-refractivity contribution in [3.63, 3.8) is 0 Å². The fourth-order valence-electron chi connectivity index (χ4n) is 1.60. The fraction of sp³-hybridized carbons (Fsp3) is 0.0714. The van der Waals surface area contributed by atoms with E-state index in [1.54, 1.807) is 18.3 Å². The minimum Gasteiger partial charge on any atom is -0.508 e. The van der Waals surface area contributed by atoms with Crippen molar-refractivity contribution in [1.82, 2.24) is 0 Å². The van der Waals surface area contributed by atoms with Crippen molar-refractivity contribution >= 4 is 17.6 Å². The first-order valence-electron chi connectivity index (χ1n) is 5.75. The summed E-state index contributed by atoms with van der Waals surface area (Å²) in [4.78, 5) is 14.4. The van der Waals surface area contributed by atoms with Crippen LogP contribution in [0.2, 0.25) is 0 Å². The Morgan fingerprint density at radius 2 is 1.95 bits per heavy atom. The summed E-state index contributed by atoms with van der Waals surface area (Å²) in [5.41, 5.74) is 1.08. The van der Waals surface area contributed by atoms with Crippen LogP contribution in [-0.2, 0) is 0 Å². The zero-order valence-electron chi connectivity index (χ0n) is 10.7. The first kappa shape index (κ1) is 13.5. The lowest BCUT2D eigenvalue weighted by atomic mass is 10.2. The monoisotopic (exact) mass is 272 g/mol. The van der Waals surface area contributed by atoms with Crippen molar-refractivity contribution in [3.8, 4) is 11.5 Å². The zero-order valence-corrected chi connectivity index (χ0v) is 10.7. The van der Waals surface area contributed by atoms with Gasteiger partial charge in [0.15, 0.2) is 0 Å². The highest BCUT2D eigenvalue weighted by Gasteiger charge is 2.10. The van der Waals surface area contributed by atoms with Gasteiger partial charge in [-0.05, 0) is 35.9 Å². The van der Waals surface area contributed by atoms with Crippen molar-refractivity contribution in [2.45, 2.75) is 0 Å². The van der Waals surface area contributed by atoms with Gasteiger partial charge in [0, 0.05) is 18.3 Å². The third kappa shape index (κ3) is 3.11. The first-order valence-corrected chi connectivity index (χ1v) is 5.75. The van der Waals surface area contributed by atoms with Crippen LogP contribution >= 0.6 is 0 Å². The molecule has 102 valence electrons. The molecule has 0 bridgehead atoms. The molecule has 0 aromatic heterocycles. The zero-order chi connectivity index (χ0) is 14.5. The average Bonchev–Trinajstić information content (AvgIpc) is 2.46. The van der Waals surface area contributed by atoms with Gasteiger partial charge in [-0.25, -0.2) is 0 Å². The first-order chi connectivity index (χ1) is 9.60. The lowest BCUT2D eigenvalue weighted by Crippen LogP contribution is -1.90. The van der Waals surface area contributed by atoms with Crippen LogP contribution < -0.4 is 4.74 Å². The van der Waals surface area contributed by atoms with E-state index >= 15 is 0 Å². The summed E-state index contributed by atoms with van der Waals surface area (Å²) in [6.45, 7) is 0. The predicted octanol–water partition coefficient (Wildman–Crippen LogP) is 3.06. The number of hydrogen-bond acceptors (Lipinski definition) is 5. The smallest absolute Gasteiger partial charge is 0.271 e. The van der Waals surface area contributed by atoms with Crippen LogP contribution in [0, 0.1) is 10.1 Å². The summed E-state index contributed by atoms with van der Waals surface area (Å²) in [6.07, 6.45) is 1.54. The molecule has 1 N–H and O–H groups in total. The molecule has 0 radical (unpaired) electrons. The largest absolute Gasteiger partial charge is 0.508 e. The fourth-order valence-corrected chi connectivity index (χ4v) is 1.60. The van der Waals surface area contributed by atoms with Crippen LogP contribution in [0.3, 0.4) is 0 Å². The summed E-state index contributed by atoms with van der Waals surface area (Å²) >= 11 is 0. The molecule has 0 aliphatic rings. The molecule has 0 aliphatic heterocycles. The Kier molecular flexibility index (Phi) is 3.95. The maximum absolute atomic E-state index is 10.7. The molecule has 20 heavy (non-hydrogen) atoms. The van der Waals surface area contributed by atoms with E-state index in [0.717, 1.165) is 5.56 Å². The quantitative estimate of drug-likeness (QED) is 0.526. The maximum Gasteiger partial charge on any atom is 0.271 e. The van der Waals surface area contributed by atoms with Gasteiger partial charge in [-0.15, -0.1) is 0 Å². The van der Waals surface area contributed by atoms with Gasteiger partial charge in [-0.1, -0.05) is 0 Å². The Morgan fingerprint density at radius 1 is 1.25 bits per heavy atom. The minimum absolute atomic E-state index is 0.0522. The number of nitrogens with zero attached hydrogens (tertiary/aromatic N) is 2. The van der Waals surface area contributed by atoms with Gasteiger partial charge in [0.2, 0.25) is 0 Å². The Balaban J connectivity index is 2.33. The van der Waals surface area contributed by atoms with Crippen LogP contribution in [0.4, 0.5) is 11.4 Å². The van der Waals surface area contributed by atoms with Crippen LogP contribution in [0.5, 0.6) is 11.5 Å². The van der Waals surface area contributed by atoms with Crippen LogP contribution in [-0.4, -0.2) is 23.4 Å². The number of phenolic OH excluding ortho intramolecular Hbond substituents is 1. The number of aliphatic imine (C=N–C) groups is 1. The normalized spacial score (nSPS) is 10.7. The molecule has 2 aromatic carbocycles. The molecule has 2 aromatic rings. The van der Waals surface area contributed by atoms with Crippen molar-refractivity contribution in [2.75, 3.05) is 7.11 Å². The number of benzene rings is 2. The molecular formula is C14H12N2O4. The second kappa shape index (κ2) is 5.83. The number of hydrogen-bond donors (Lipinski definition) is 1. The molecule has 0 amide bonds. The Morgan fingerprint density at radius 3 is 2.55 bits per heavy atom. The highest BCUT2D eigenvalue weighted by Crippen LogP contribution is 2.31. The van der Waals surface area contributed by atoms with E-state index in [4.69, 9.17) is 4.74 Å². The Bertz CT molecular complexity index is 651. The van der Waals surface area contributed by atoms with Gasteiger partial charge in [0.1, 0.15) is 17.2 Å². The highest BCUT2D eigenvalue weighted by molar-refractivity contribution is 5.83. The van der Waals surface area contributed by atoms with E-state index in [0.29, 0.717) is 11.4 Å². The number of non-ortho nitro benzene ring substituents is 1. The maximum atomic E-state index is 10.7.